The first-order chi connectivity index (χ1) is 36.5. The highest BCUT2D eigenvalue weighted by Crippen LogP contribution is 2.28. The molecule has 6 aromatic rings. The van der Waals surface area contributed by atoms with E-state index in [9.17, 15) is 19.2 Å². The van der Waals surface area contributed by atoms with E-state index in [-0.39, 0.29) is 32.7 Å². The quantitative estimate of drug-likeness (QED) is 0.0260. The summed E-state index contributed by atoms with van der Waals surface area (Å²) in [5.41, 5.74) is 6.20. The Morgan fingerprint density at radius 3 is 0.880 bits per heavy atom. The monoisotopic (exact) mass is 1050 g/mol. The molecule has 0 radical (unpaired) electrons. The normalized spacial score (nSPS) is 10.8. The Kier molecular flexibility index (Phi) is 26.8. The zero-order valence-electron chi connectivity index (χ0n) is 44.6. The molecule has 0 unspecified atom stereocenters. The predicted molar refractivity (Wildman–Crippen MR) is 305 cm³/mol. The van der Waals surface area contributed by atoms with Crippen molar-refractivity contribution in [3.8, 4) is 23.0 Å². The van der Waals surface area contributed by atoms with Crippen molar-refractivity contribution in [2.75, 3.05) is 0 Å². The van der Waals surface area contributed by atoms with Gasteiger partial charge in [-0.3, -0.25) is 0 Å². The van der Waals surface area contributed by atoms with Gasteiger partial charge in [-0.25, -0.2) is 19.2 Å². The summed E-state index contributed by atoms with van der Waals surface area (Å²) in [6.45, 7) is 8.80. The molecule has 0 saturated heterocycles. The summed E-state index contributed by atoms with van der Waals surface area (Å²) in [6.07, 6.45) is 24.8. The van der Waals surface area contributed by atoms with Crippen molar-refractivity contribution < 1.29 is 38.1 Å². The smallest absolute Gasteiger partial charge is 0.345 e. The van der Waals surface area contributed by atoms with Crippen LogP contribution in [0.1, 0.15) is 201 Å². The minimum Gasteiger partial charge on any atom is -0.423 e. The van der Waals surface area contributed by atoms with Crippen LogP contribution in [0.4, 0.5) is 0 Å². The van der Waals surface area contributed by atoms with Gasteiger partial charge in [-0.05, 0) is 146 Å². The van der Waals surface area contributed by atoms with Gasteiger partial charge in [-0.15, -0.1) is 0 Å². The number of hydrogen-bond donors (Lipinski definition) is 0. The van der Waals surface area contributed by atoms with E-state index in [4.69, 9.17) is 42.1 Å². The lowest BCUT2D eigenvalue weighted by molar-refractivity contribution is 0.0720. The van der Waals surface area contributed by atoms with E-state index >= 15 is 0 Å². The van der Waals surface area contributed by atoms with Gasteiger partial charge in [0.1, 0.15) is 23.0 Å². The van der Waals surface area contributed by atoms with Crippen LogP contribution in [0.25, 0.3) is 0 Å². The zero-order valence-corrected chi connectivity index (χ0v) is 46.1. The van der Waals surface area contributed by atoms with Gasteiger partial charge < -0.3 is 18.9 Å². The first-order valence-corrected chi connectivity index (χ1v) is 28.1. The van der Waals surface area contributed by atoms with Crippen molar-refractivity contribution in [1.82, 2.24) is 0 Å². The molecule has 0 aromatic heterocycles. The van der Waals surface area contributed by atoms with E-state index in [1.165, 1.54) is 142 Å². The number of aryl methyl sites for hydroxylation is 4. The van der Waals surface area contributed by atoms with E-state index < -0.39 is 23.9 Å². The molecule has 0 heterocycles. The Morgan fingerprint density at radius 1 is 0.307 bits per heavy atom. The number of carbonyl (C=O) groups excluding carboxylic acids is 4. The average molecular weight is 1060 g/mol. The van der Waals surface area contributed by atoms with Crippen molar-refractivity contribution in [3.05, 3.63) is 188 Å². The highest BCUT2D eigenvalue weighted by molar-refractivity contribution is 6.34. The second-order valence-electron chi connectivity index (χ2n) is 19.1. The number of unbranched alkanes of at least 4 members (excludes halogenated alkanes) is 13. The topological polar surface area (TPSA) is 105 Å². The van der Waals surface area contributed by atoms with Crippen molar-refractivity contribution in [2.24, 2.45) is 0 Å². The van der Waals surface area contributed by atoms with Crippen LogP contribution in [-0.4, -0.2) is 23.9 Å². The van der Waals surface area contributed by atoms with Crippen LogP contribution in [-0.2, 0) is 25.7 Å². The molecule has 10 heteroatoms. The lowest BCUT2D eigenvalue weighted by Crippen LogP contribution is -2.11. The molecule has 6 rings (SSSR count). The highest BCUT2D eigenvalue weighted by Gasteiger charge is 2.18. The maximum absolute atomic E-state index is 12.7. The SMILES string of the molecule is CCCCCCCCc1ccc(OC(=O)c2ccc(OC(=O)c3ccc(CCCCCCC)cc3)cc2Cl)cc1.CCCCCc1ccc(OC(=O)c2ccc(OC(=O)c3ccc(CCCCC)cc3)cc2Cl)cc1. The fourth-order valence-electron chi connectivity index (χ4n) is 8.37. The molecule has 0 aliphatic heterocycles. The maximum Gasteiger partial charge on any atom is 0.345 e. The predicted octanol–water partition coefficient (Wildman–Crippen LogP) is 18.4. The third-order valence-electron chi connectivity index (χ3n) is 12.9. The molecule has 0 fully saturated rings. The van der Waals surface area contributed by atoms with Crippen LogP contribution in [0.2, 0.25) is 10.0 Å². The summed E-state index contributed by atoms with van der Waals surface area (Å²) in [4.78, 5) is 50.4. The maximum atomic E-state index is 12.7. The van der Waals surface area contributed by atoms with Gasteiger partial charge in [0, 0.05) is 12.1 Å². The third-order valence-corrected chi connectivity index (χ3v) is 13.5. The minimum atomic E-state index is -0.565. The highest BCUT2D eigenvalue weighted by atomic mass is 35.5. The van der Waals surface area contributed by atoms with Crippen LogP contribution in [0.3, 0.4) is 0 Å². The van der Waals surface area contributed by atoms with E-state index in [1.807, 2.05) is 60.7 Å². The van der Waals surface area contributed by atoms with Crippen LogP contribution in [0, 0.1) is 0 Å². The van der Waals surface area contributed by atoms with Gasteiger partial charge in [-0.1, -0.05) is 183 Å². The molecule has 0 saturated carbocycles. The number of carbonyl (C=O) groups is 4. The van der Waals surface area contributed by atoms with Crippen molar-refractivity contribution in [3.63, 3.8) is 0 Å². The number of esters is 4. The first kappa shape index (κ1) is 59.7. The number of ether oxygens (including phenoxy) is 4. The summed E-state index contributed by atoms with van der Waals surface area (Å²) in [6, 6.07) is 39.1. The second-order valence-corrected chi connectivity index (χ2v) is 19.9. The van der Waals surface area contributed by atoms with Gasteiger partial charge >= 0.3 is 23.9 Å². The lowest BCUT2D eigenvalue weighted by Gasteiger charge is -2.09. The Bertz CT molecular complexity index is 2660. The third kappa shape index (κ3) is 21.5. The van der Waals surface area contributed by atoms with Crippen molar-refractivity contribution in [2.45, 2.75) is 163 Å². The fourth-order valence-corrected chi connectivity index (χ4v) is 8.86. The van der Waals surface area contributed by atoms with Crippen LogP contribution >= 0.6 is 23.2 Å². The molecule has 75 heavy (non-hydrogen) atoms. The molecule has 6 aromatic carbocycles. The van der Waals surface area contributed by atoms with Gasteiger partial charge in [-0.2, -0.15) is 0 Å². The molecule has 0 aliphatic carbocycles. The van der Waals surface area contributed by atoms with E-state index in [0.717, 1.165) is 44.9 Å². The van der Waals surface area contributed by atoms with Gasteiger partial charge in [0.25, 0.3) is 0 Å². The van der Waals surface area contributed by atoms with Crippen LogP contribution in [0.15, 0.2) is 133 Å². The molecule has 0 aliphatic rings. The van der Waals surface area contributed by atoms with Gasteiger partial charge in [0.2, 0.25) is 0 Å². The minimum absolute atomic E-state index is 0.155. The van der Waals surface area contributed by atoms with Crippen LogP contribution in [0.5, 0.6) is 23.0 Å². The fraction of sp³-hybridized carbons (Fsp3) is 0.385. The molecular weight excluding hydrogens is 980 g/mol. The molecule has 8 nitrogen and oxygen atoms in total. The van der Waals surface area contributed by atoms with Crippen molar-refractivity contribution in [1.29, 1.82) is 0 Å². The lowest BCUT2D eigenvalue weighted by atomic mass is 10.0. The number of benzene rings is 6. The second kappa shape index (κ2) is 33.6. The Hall–Kier alpha value is -6.22. The molecule has 0 N–H and O–H groups in total. The van der Waals surface area contributed by atoms with E-state index in [2.05, 4.69) is 27.7 Å². The Balaban J connectivity index is 0.000000280. The average Bonchev–Trinajstić information content (AvgIpc) is 3.41. The number of rotatable bonds is 29. The Morgan fingerprint density at radius 2 is 0.560 bits per heavy atom. The van der Waals surface area contributed by atoms with Crippen molar-refractivity contribution >= 4 is 47.1 Å². The Labute approximate surface area is 456 Å². The summed E-state index contributed by atoms with van der Waals surface area (Å²) in [7, 11) is 0. The van der Waals surface area contributed by atoms with Gasteiger partial charge in [0.05, 0.1) is 32.3 Å². The molecule has 0 spiro atoms. The standard InChI is InChI=1S/C35H43ClO4.C30H33ClO4/c1-3-5-7-9-11-13-15-28-18-22-30(23-19-28)39-35(38)32-25-24-31(26-33(32)36)40-34(37)29-20-16-27(17-21-29)14-12-10-8-6-4-2;1-3-5-7-9-22-11-15-24(16-12-22)29(32)35-26-19-20-27(28(31)21-26)30(33)34-25-17-13-23(14-18-25)10-8-6-4-2/h16-26H,3-15H2,1-2H3;11-21H,3-10H2,1-2H3. The molecular formula is C65H76Cl2O8. The molecule has 0 bridgehead atoms. The van der Waals surface area contributed by atoms with E-state index in [0.29, 0.717) is 22.6 Å². The number of halogens is 2. The molecule has 0 amide bonds. The first-order valence-electron chi connectivity index (χ1n) is 27.3. The summed E-state index contributed by atoms with van der Waals surface area (Å²) >= 11 is 12.7. The molecule has 0 atom stereocenters. The summed E-state index contributed by atoms with van der Waals surface area (Å²) < 4.78 is 21.9. The van der Waals surface area contributed by atoms with E-state index in [1.54, 1.807) is 42.5 Å². The molecule has 398 valence electrons. The zero-order chi connectivity index (χ0) is 53.6. The largest absolute Gasteiger partial charge is 0.423 e. The summed E-state index contributed by atoms with van der Waals surface area (Å²) in [5.74, 6) is -0.614. The number of hydrogen-bond acceptors (Lipinski definition) is 8. The van der Waals surface area contributed by atoms with Crippen LogP contribution < -0.4 is 18.9 Å². The van der Waals surface area contributed by atoms with Gasteiger partial charge in [0.15, 0.2) is 0 Å². The summed E-state index contributed by atoms with van der Waals surface area (Å²) in [5, 5.41) is 0.316.